The molecule has 1 N–H and O–H groups in total. The van der Waals surface area contributed by atoms with Gasteiger partial charge in [0.25, 0.3) is 0 Å². The lowest BCUT2D eigenvalue weighted by Gasteiger charge is -2.22. The zero-order chi connectivity index (χ0) is 21.8. The zero-order valence-corrected chi connectivity index (χ0v) is 18.9. The zero-order valence-electron chi connectivity index (χ0n) is 16.5. The molecule has 0 saturated heterocycles. The van der Waals surface area contributed by atoms with Crippen LogP contribution in [0, 0.1) is 0 Å². The van der Waals surface area contributed by atoms with Crippen LogP contribution in [0.4, 0.5) is 11.4 Å². The highest BCUT2D eigenvalue weighted by Crippen LogP contribution is 2.22. The van der Waals surface area contributed by atoms with Crippen LogP contribution in [-0.4, -0.2) is 60.2 Å². The Bertz CT molecular complexity index is 1080. The lowest BCUT2D eigenvalue weighted by atomic mass is 10.3. The average Bonchev–Trinajstić information content (AvgIpc) is 2.65. The molecular formula is C18H23N3O5S3. The molecule has 0 saturated carbocycles. The van der Waals surface area contributed by atoms with Crippen LogP contribution < -0.4 is 9.62 Å². The highest BCUT2D eigenvalue weighted by atomic mass is 32.2. The predicted molar refractivity (Wildman–Crippen MR) is 116 cm³/mol. The van der Waals surface area contributed by atoms with Crippen LogP contribution in [0.1, 0.15) is 0 Å². The van der Waals surface area contributed by atoms with Crippen LogP contribution >= 0.6 is 11.8 Å². The molecule has 0 radical (unpaired) electrons. The second-order valence-corrected chi connectivity index (χ2v) is 11.3. The molecule has 0 aliphatic heterocycles. The van der Waals surface area contributed by atoms with Gasteiger partial charge < -0.3 is 5.32 Å². The second kappa shape index (κ2) is 9.16. The molecule has 29 heavy (non-hydrogen) atoms. The third kappa shape index (κ3) is 5.95. The Morgan fingerprint density at radius 2 is 1.66 bits per heavy atom. The number of carbonyl (C=O) groups is 1. The molecule has 0 aromatic heterocycles. The third-order valence-corrected chi connectivity index (χ3v) is 7.64. The van der Waals surface area contributed by atoms with Crippen molar-refractivity contribution in [3.8, 4) is 0 Å². The molecule has 0 heterocycles. The fourth-order valence-corrected chi connectivity index (χ4v) is 4.64. The van der Waals surface area contributed by atoms with E-state index in [0.717, 1.165) is 19.8 Å². The molecular weight excluding hydrogens is 434 g/mol. The summed E-state index contributed by atoms with van der Waals surface area (Å²) in [5.74, 6) is -0.515. The monoisotopic (exact) mass is 457 g/mol. The number of hydrogen-bond donors (Lipinski definition) is 1. The van der Waals surface area contributed by atoms with Gasteiger partial charge >= 0.3 is 0 Å². The number of sulfonamides is 2. The van der Waals surface area contributed by atoms with E-state index >= 15 is 0 Å². The fraction of sp³-hybridized carbons (Fsp3) is 0.278. The molecule has 0 spiro atoms. The van der Waals surface area contributed by atoms with Crippen molar-refractivity contribution >= 4 is 49.1 Å². The highest BCUT2D eigenvalue weighted by molar-refractivity contribution is 7.98. The smallest absolute Gasteiger partial charge is 0.245 e. The van der Waals surface area contributed by atoms with Crippen molar-refractivity contribution in [3.63, 3.8) is 0 Å². The van der Waals surface area contributed by atoms with Gasteiger partial charge in [0.2, 0.25) is 26.0 Å². The number of nitrogens with zero attached hydrogens (tertiary/aromatic N) is 2. The summed E-state index contributed by atoms with van der Waals surface area (Å²) in [4.78, 5) is 13.4. The Hall–Kier alpha value is -2.08. The molecule has 0 atom stereocenters. The van der Waals surface area contributed by atoms with E-state index in [-0.39, 0.29) is 10.6 Å². The number of rotatable bonds is 8. The molecule has 2 aromatic carbocycles. The molecule has 8 nitrogen and oxygen atoms in total. The van der Waals surface area contributed by atoms with Crippen molar-refractivity contribution in [3.05, 3.63) is 48.5 Å². The van der Waals surface area contributed by atoms with E-state index in [0.29, 0.717) is 5.69 Å². The van der Waals surface area contributed by atoms with E-state index in [1.807, 2.05) is 12.3 Å². The van der Waals surface area contributed by atoms with E-state index in [4.69, 9.17) is 0 Å². The van der Waals surface area contributed by atoms with Gasteiger partial charge in [-0.25, -0.2) is 21.1 Å². The minimum absolute atomic E-state index is 0.0260. The van der Waals surface area contributed by atoms with Crippen LogP contribution in [0.25, 0.3) is 0 Å². The lowest BCUT2D eigenvalue weighted by Crippen LogP contribution is -2.37. The first-order chi connectivity index (χ1) is 13.4. The molecule has 2 aromatic rings. The molecule has 2 rings (SSSR count). The number of amides is 1. The van der Waals surface area contributed by atoms with E-state index in [1.54, 1.807) is 18.2 Å². The molecule has 158 valence electrons. The Kier molecular flexibility index (Phi) is 7.33. The summed E-state index contributed by atoms with van der Waals surface area (Å²) in [7, 11) is -4.61. The van der Waals surface area contributed by atoms with Gasteiger partial charge in [0.05, 0.1) is 16.8 Å². The number of thioether (sulfide) groups is 1. The molecule has 0 aliphatic rings. The molecule has 0 aliphatic carbocycles. The van der Waals surface area contributed by atoms with Crippen LogP contribution in [0.2, 0.25) is 0 Å². The normalized spacial score (nSPS) is 12.0. The quantitative estimate of drug-likeness (QED) is 0.609. The maximum Gasteiger partial charge on any atom is 0.245 e. The largest absolute Gasteiger partial charge is 0.324 e. The number of benzene rings is 2. The average molecular weight is 458 g/mol. The minimum atomic E-state index is -3.77. The van der Waals surface area contributed by atoms with Gasteiger partial charge in [0, 0.05) is 24.7 Å². The fourth-order valence-electron chi connectivity index (χ4n) is 2.43. The summed E-state index contributed by atoms with van der Waals surface area (Å²) in [5.41, 5.74) is 0.751. The van der Waals surface area contributed by atoms with Gasteiger partial charge in [0.15, 0.2) is 0 Å². The maximum atomic E-state index is 12.4. The van der Waals surface area contributed by atoms with E-state index < -0.39 is 32.5 Å². The Labute approximate surface area is 176 Å². The molecule has 0 fully saturated rings. The number of hydrogen-bond acceptors (Lipinski definition) is 6. The summed E-state index contributed by atoms with van der Waals surface area (Å²) < 4.78 is 50.8. The van der Waals surface area contributed by atoms with Crippen molar-refractivity contribution in [2.45, 2.75) is 9.79 Å². The standard InChI is InChI=1S/C18H23N3O5S3/c1-20(2)29(25,26)17-10-8-15(9-11-17)21(28(4,23)24)13-18(22)19-14-6-5-7-16(12-14)27-3/h5-12H,13H2,1-4H3,(H,19,22). The lowest BCUT2D eigenvalue weighted by molar-refractivity contribution is -0.114. The van der Waals surface area contributed by atoms with Crippen molar-refractivity contribution in [2.75, 3.05) is 42.8 Å². The first kappa shape index (κ1) is 23.2. The number of anilines is 2. The number of carbonyl (C=O) groups excluding carboxylic acids is 1. The second-order valence-electron chi connectivity index (χ2n) is 6.33. The maximum absolute atomic E-state index is 12.4. The summed E-state index contributed by atoms with van der Waals surface area (Å²) in [5, 5.41) is 2.68. The first-order valence-corrected chi connectivity index (χ1v) is 12.9. The van der Waals surface area contributed by atoms with Crippen LogP contribution in [0.15, 0.2) is 58.3 Å². The molecule has 11 heteroatoms. The SMILES string of the molecule is CSc1cccc(NC(=O)CN(c2ccc(S(=O)(=O)N(C)C)cc2)S(C)(=O)=O)c1. The van der Waals surface area contributed by atoms with E-state index in [2.05, 4.69) is 5.32 Å². The molecule has 0 bridgehead atoms. The Balaban J connectivity index is 2.25. The van der Waals surface area contributed by atoms with Crippen LogP contribution in [-0.2, 0) is 24.8 Å². The van der Waals surface area contributed by atoms with Gasteiger partial charge in [-0.2, -0.15) is 0 Å². The highest BCUT2D eigenvalue weighted by Gasteiger charge is 2.23. The van der Waals surface area contributed by atoms with Crippen molar-refractivity contribution in [2.24, 2.45) is 0 Å². The summed E-state index contributed by atoms with van der Waals surface area (Å²) >= 11 is 1.52. The van der Waals surface area contributed by atoms with E-state index in [1.165, 1.54) is 50.1 Å². The van der Waals surface area contributed by atoms with Gasteiger partial charge in [-0.05, 0) is 48.7 Å². The van der Waals surface area contributed by atoms with Gasteiger partial charge in [-0.15, -0.1) is 11.8 Å². The van der Waals surface area contributed by atoms with Crippen molar-refractivity contribution < 1.29 is 21.6 Å². The Morgan fingerprint density at radius 3 is 2.17 bits per heavy atom. The number of nitrogens with one attached hydrogen (secondary N) is 1. The van der Waals surface area contributed by atoms with Crippen LogP contribution in [0.3, 0.4) is 0 Å². The minimum Gasteiger partial charge on any atom is -0.324 e. The molecule has 1 amide bonds. The van der Waals surface area contributed by atoms with Crippen LogP contribution in [0.5, 0.6) is 0 Å². The van der Waals surface area contributed by atoms with E-state index in [9.17, 15) is 21.6 Å². The first-order valence-electron chi connectivity index (χ1n) is 8.39. The van der Waals surface area contributed by atoms with Gasteiger partial charge in [-0.1, -0.05) is 6.07 Å². The van der Waals surface area contributed by atoms with Gasteiger partial charge in [-0.3, -0.25) is 9.10 Å². The Morgan fingerprint density at radius 1 is 1.03 bits per heavy atom. The summed E-state index contributed by atoms with van der Waals surface area (Å²) in [6.07, 6.45) is 2.89. The summed E-state index contributed by atoms with van der Waals surface area (Å²) in [6.45, 7) is -0.442. The topological polar surface area (TPSA) is 104 Å². The third-order valence-electron chi connectivity index (χ3n) is 3.94. The predicted octanol–water partition coefficient (Wildman–Crippen LogP) is 2.06. The van der Waals surface area contributed by atoms with Gasteiger partial charge in [0.1, 0.15) is 6.54 Å². The van der Waals surface area contributed by atoms with Crippen molar-refractivity contribution in [1.29, 1.82) is 0 Å². The van der Waals surface area contributed by atoms with Crippen molar-refractivity contribution in [1.82, 2.24) is 4.31 Å². The molecule has 0 unspecified atom stereocenters. The summed E-state index contributed by atoms with van der Waals surface area (Å²) in [6, 6.07) is 12.5.